The van der Waals surface area contributed by atoms with Crippen molar-refractivity contribution in [2.45, 2.75) is 26.2 Å². The van der Waals surface area contributed by atoms with Gasteiger partial charge in [0.1, 0.15) is 5.52 Å². The molecule has 0 fully saturated rings. The van der Waals surface area contributed by atoms with Crippen LogP contribution in [0.4, 0.5) is 5.69 Å². The average Bonchev–Trinajstić information content (AvgIpc) is 3.10. The van der Waals surface area contributed by atoms with Crippen LogP contribution in [0.15, 0.2) is 76.1 Å². The summed E-state index contributed by atoms with van der Waals surface area (Å²) in [7, 11) is 0. The zero-order valence-electron chi connectivity index (χ0n) is 16.1. The molecule has 0 unspecified atom stereocenters. The van der Waals surface area contributed by atoms with Crippen molar-refractivity contribution in [3.63, 3.8) is 0 Å². The highest BCUT2D eigenvalue weighted by molar-refractivity contribution is 6.30. The fourth-order valence-electron chi connectivity index (χ4n) is 2.93. The van der Waals surface area contributed by atoms with E-state index >= 15 is 0 Å². The van der Waals surface area contributed by atoms with Gasteiger partial charge in [-0.3, -0.25) is 4.99 Å². The van der Waals surface area contributed by atoms with Crippen molar-refractivity contribution in [2.24, 2.45) is 4.99 Å². The highest BCUT2D eigenvalue weighted by Gasteiger charge is 2.14. The highest BCUT2D eigenvalue weighted by atomic mass is 35.5. The second-order valence-electron chi connectivity index (χ2n) is 7.81. The Labute approximate surface area is 169 Å². The summed E-state index contributed by atoms with van der Waals surface area (Å²) < 4.78 is 5.99. The molecule has 1 aromatic heterocycles. The lowest BCUT2D eigenvalue weighted by molar-refractivity contribution is 0.589. The molecule has 0 N–H and O–H groups in total. The lowest BCUT2D eigenvalue weighted by Gasteiger charge is -2.18. The predicted octanol–water partition coefficient (Wildman–Crippen LogP) is 7.20. The van der Waals surface area contributed by atoms with E-state index < -0.39 is 0 Å². The average molecular weight is 389 g/mol. The summed E-state index contributed by atoms with van der Waals surface area (Å²) in [6, 6.07) is 21.7. The minimum absolute atomic E-state index is 0.122. The summed E-state index contributed by atoms with van der Waals surface area (Å²) in [4.78, 5) is 9.13. The van der Waals surface area contributed by atoms with Gasteiger partial charge in [0.25, 0.3) is 0 Å². The Morgan fingerprint density at radius 2 is 1.64 bits per heavy atom. The van der Waals surface area contributed by atoms with Crippen LogP contribution in [0, 0.1) is 0 Å². The fourth-order valence-corrected chi connectivity index (χ4v) is 3.05. The predicted molar refractivity (Wildman–Crippen MR) is 117 cm³/mol. The number of benzene rings is 3. The smallest absolute Gasteiger partial charge is 0.227 e. The van der Waals surface area contributed by atoms with E-state index in [2.05, 4.69) is 55.0 Å². The van der Waals surface area contributed by atoms with Gasteiger partial charge in [-0.1, -0.05) is 56.6 Å². The molecule has 4 heteroatoms. The number of halogens is 1. The summed E-state index contributed by atoms with van der Waals surface area (Å²) in [5, 5.41) is 0.711. The van der Waals surface area contributed by atoms with Crippen LogP contribution in [0.1, 0.15) is 31.9 Å². The Kier molecular flexibility index (Phi) is 4.78. The Hall–Kier alpha value is -2.91. The van der Waals surface area contributed by atoms with Crippen molar-refractivity contribution < 1.29 is 4.42 Å². The van der Waals surface area contributed by atoms with Crippen molar-refractivity contribution in [3.8, 4) is 11.5 Å². The number of aromatic nitrogens is 1. The zero-order chi connectivity index (χ0) is 19.7. The summed E-state index contributed by atoms with van der Waals surface area (Å²) in [6.07, 6.45) is 1.81. The molecule has 3 nitrogen and oxygen atoms in total. The van der Waals surface area contributed by atoms with Gasteiger partial charge in [0.15, 0.2) is 5.58 Å². The van der Waals surface area contributed by atoms with E-state index in [-0.39, 0.29) is 5.41 Å². The van der Waals surface area contributed by atoms with Crippen LogP contribution >= 0.6 is 11.6 Å². The van der Waals surface area contributed by atoms with Crippen molar-refractivity contribution in [3.05, 3.63) is 82.9 Å². The maximum atomic E-state index is 5.99. The first kappa shape index (κ1) is 18.5. The van der Waals surface area contributed by atoms with Crippen LogP contribution < -0.4 is 0 Å². The maximum absolute atomic E-state index is 5.99. The summed E-state index contributed by atoms with van der Waals surface area (Å²) in [5.74, 6) is 0.620. The quantitative estimate of drug-likeness (QED) is 0.348. The number of fused-ring (bicyclic) bond motifs is 1. The minimum atomic E-state index is 0.122. The van der Waals surface area contributed by atoms with Crippen LogP contribution in [0.5, 0.6) is 0 Å². The molecule has 0 atom stereocenters. The highest BCUT2D eigenvalue weighted by Crippen LogP contribution is 2.29. The molecule has 0 amide bonds. The van der Waals surface area contributed by atoms with Crippen LogP contribution in [0.25, 0.3) is 22.6 Å². The molecule has 4 aromatic rings. The third kappa shape index (κ3) is 4.00. The first-order valence-electron chi connectivity index (χ1n) is 9.20. The zero-order valence-corrected chi connectivity index (χ0v) is 16.9. The molecule has 0 aliphatic heterocycles. The van der Waals surface area contributed by atoms with Gasteiger partial charge in [-0.15, -0.1) is 0 Å². The summed E-state index contributed by atoms with van der Waals surface area (Å²) in [6.45, 7) is 6.61. The SMILES string of the molecule is CC(C)(C)c1ccc(-c2nc3ccc(N=Cc4ccc(Cl)cc4)cc3o2)cc1. The first-order chi connectivity index (χ1) is 13.4. The van der Waals surface area contributed by atoms with Gasteiger partial charge in [0, 0.05) is 22.9 Å². The number of hydrogen-bond donors (Lipinski definition) is 0. The molecule has 28 heavy (non-hydrogen) atoms. The third-order valence-corrected chi connectivity index (χ3v) is 4.85. The number of rotatable bonds is 3. The molecule has 4 rings (SSSR count). The molecule has 3 aromatic carbocycles. The van der Waals surface area contributed by atoms with E-state index in [4.69, 9.17) is 16.0 Å². The van der Waals surface area contributed by atoms with E-state index in [1.165, 1.54) is 5.56 Å². The van der Waals surface area contributed by atoms with Gasteiger partial charge in [-0.05, 0) is 52.9 Å². The molecule has 0 saturated carbocycles. The lowest BCUT2D eigenvalue weighted by atomic mass is 9.87. The number of hydrogen-bond acceptors (Lipinski definition) is 3. The van der Waals surface area contributed by atoms with Crippen molar-refractivity contribution in [1.29, 1.82) is 0 Å². The van der Waals surface area contributed by atoms with Crippen LogP contribution in [-0.2, 0) is 5.41 Å². The Morgan fingerprint density at radius 3 is 2.32 bits per heavy atom. The largest absolute Gasteiger partial charge is 0.436 e. The molecule has 0 radical (unpaired) electrons. The lowest BCUT2D eigenvalue weighted by Crippen LogP contribution is -2.10. The van der Waals surface area contributed by atoms with Crippen LogP contribution in [0.2, 0.25) is 5.02 Å². The fraction of sp³-hybridized carbons (Fsp3) is 0.167. The summed E-state index contributed by atoms with van der Waals surface area (Å²) in [5.41, 5.74) is 5.72. The van der Waals surface area contributed by atoms with E-state index in [9.17, 15) is 0 Å². The molecular formula is C24H21ClN2O. The third-order valence-electron chi connectivity index (χ3n) is 4.60. The number of nitrogens with zero attached hydrogens (tertiary/aromatic N) is 2. The second kappa shape index (κ2) is 7.25. The van der Waals surface area contributed by atoms with Gasteiger partial charge in [0.2, 0.25) is 5.89 Å². The molecule has 140 valence electrons. The first-order valence-corrected chi connectivity index (χ1v) is 9.57. The van der Waals surface area contributed by atoms with Gasteiger partial charge in [0.05, 0.1) is 5.69 Å². The molecule has 0 aliphatic carbocycles. The van der Waals surface area contributed by atoms with E-state index in [1.807, 2.05) is 42.5 Å². The van der Waals surface area contributed by atoms with Crippen LogP contribution in [0.3, 0.4) is 0 Å². The van der Waals surface area contributed by atoms with Crippen LogP contribution in [-0.4, -0.2) is 11.2 Å². The number of oxazole rings is 1. The van der Waals surface area contributed by atoms with Crippen molar-refractivity contribution in [1.82, 2.24) is 4.98 Å². The second-order valence-corrected chi connectivity index (χ2v) is 8.24. The Balaban J connectivity index is 1.60. The molecule has 0 bridgehead atoms. The van der Waals surface area contributed by atoms with Crippen molar-refractivity contribution in [2.75, 3.05) is 0 Å². The Bertz CT molecular complexity index is 1130. The Morgan fingerprint density at radius 1 is 0.929 bits per heavy atom. The van der Waals surface area contributed by atoms with Crippen molar-refractivity contribution >= 4 is 34.6 Å². The molecule has 1 heterocycles. The van der Waals surface area contributed by atoms with Gasteiger partial charge in [-0.2, -0.15) is 0 Å². The standard InChI is InChI=1S/C24H21ClN2O/c1-24(2,3)18-8-6-17(7-9-18)23-27-21-13-12-20(14-22(21)28-23)26-15-16-4-10-19(25)11-5-16/h4-15H,1-3H3. The normalized spacial score (nSPS) is 12.1. The van der Waals surface area contributed by atoms with Gasteiger partial charge in [-0.25, -0.2) is 4.98 Å². The molecule has 0 aliphatic rings. The number of aliphatic imine (C=N–C) groups is 1. The van der Waals surface area contributed by atoms with E-state index in [0.717, 1.165) is 27.9 Å². The molecular weight excluding hydrogens is 368 g/mol. The molecule has 0 saturated heterocycles. The summed E-state index contributed by atoms with van der Waals surface area (Å²) >= 11 is 5.91. The maximum Gasteiger partial charge on any atom is 0.227 e. The molecule has 0 spiro atoms. The minimum Gasteiger partial charge on any atom is -0.436 e. The van der Waals surface area contributed by atoms with E-state index in [1.54, 1.807) is 6.21 Å². The van der Waals surface area contributed by atoms with E-state index in [0.29, 0.717) is 10.9 Å². The van der Waals surface area contributed by atoms with Gasteiger partial charge < -0.3 is 4.42 Å². The van der Waals surface area contributed by atoms with Gasteiger partial charge >= 0.3 is 0 Å². The topological polar surface area (TPSA) is 38.4 Å². The monoisotopic (exact) mass is 388 g/mol.